The van der Waals surface area contributed by atoms with Gasteiger partial charge in [-0.3, -0.25) is 0 Å². The average Bonchev–Trinajstić information content (AvgIpc) is 3.04. The lowest BCUT2D eigenvalue weighted by Crippen LogP contribution is -2.39. The first kappa shape index (κ1) is 14.6. The predicted octanol–water partition coefficient (Wildman–Crippen LogP) is 3.75. The topological polar surface area (TPSA) is 38.1 Å². The van der Waals surface area contributed by atoms with Crippen molar-refractivity contribution in [2.75, 3.05) is 6.61 Å². The summed E-state index contributed by atoms with van der Waals surface area (Å²) < 4.78 is 15.3. The van der Waals surface area contributed by atoms with Crippen LogP contribution in [-0.4, -0.2) is 21.5 Å². The number of halogens is 1. The van der Waals surface area contributed by atoms with Crippen LogP contribution in [0.25, 0.3) is 11.8 Å². The molecule has 0 saturated heterocycles. The first-order valence-electron chi connectivity index (χ1n) is 8.12. The van der Waals surface area contributed by atoms with E-state index in [2.05, 4.69) is 25.0 Å². The highest BCUT2D eigenvalue weighted by Crippen LogP contribution is 2.59. The summed E-state index contributed by atoms with van der Waals surface area (Å²) in [6.07, 6.45) is 6.97. The zero-order valence-corrected chi connectivity index (χ0v) is 13.5. The Morgan fingerprint density at radius 3 is 2.91 bits per heavy atom. The summed E-state index contributed by atoms with van der Waals surface area (Å²) in [5.74, 6) is -0.256. The standard InChI is InChI=1S/C19H21FN2O/c1-18(12-23)7-6-14-8-17-13(10-19(14,18)2)11-21-22(17)16-5-3-4-15(20)9-16/h3-5,8-9,11,23H,6-7,10,12H2,1-2H3. The van der Waals surface area contributed by atoms with Gasteiger partial charge >= 0.3 is 0 Å². The summed E-state index contributed by atoms with van der Waals surface area (Å²) in [6.45, 7) is 4.63. The third-order valence-corrected chi connectivity index (χ3v) is 6.13. The largest absolute Gasteiger partial charge is 0.396 e. The zero-order valence-electron chi connectivity index (χ0n) is 13.5. The summed E-state index contributed by atoms with van der Waals surface area (Å²) in [7, 11) is 0. The summed E-state index contributed by atoms with van der Waals surface area (Å²) in [4.78, 5) is 0. The van der Waals surface area contributed by atoms with Crippen molar-refractivity contribution in [3.05, 3.63) is 53.1 Å². The molecule has 4 rings (SSSR count). The van der Waals surface area contributed by atoms with E-state index in [-0.39, 0.29) is 23.3 Å². The van der Waals surface area contributed by atoms with Crippen molar-refractivity contribution in [1.82, 2.24) is 9.78 Å². The SMILES string of the molecule is CC1(CO)CCC2=Cc3c(cnn3-c3cccc(F)c3)CC21C. The van der Waals surface area contributed by atoms with Gasteiger partial charge < -0.3 is 5.11 Å². The van der Waals surface area contributed by atoms with Crippen LogP contribution in [0.1, 0.15) is 37.9 Å². The van der Waals surface area contributed by atoms with Gasteiger partial charge in [-0.15, -0.1) is 0 Å². The molecule has 3 nitrogen and oxygen atoms in total. The van der Waals surface area contributed by atoms with Gasteiger partial charge in [-0.05, 0) is 49.1 Å². The van der Waals surface area contributed by atoms with Gasteiger partial charge in [0.1, 0.15) is 5.82 Å². The molecule has 2 aromatic rings. The van der Waals surface area contributed by atoms with E-state index in [1.54, 1.807) is 6.07 Å². The van der Waals surface area contributed by atoms with Crippen LogP contribution in [-0.2, 0) is 6.42 Å². The van der Waals surface area contributed by atoms with Crippen molar-refractivity contribution in [1.29, 1.82) is 0 Å². The van der Waals surface area contributed by atoms with E-state index in [0.717, 1.165) is 30.6 Å². The highest BCUT2D eigenvalue weighted by Gasteiger charge is 2.52. The van der Waals surface area contributed by atoms with Crippen LogP contribution >= 0.6 is 0 Å². The van der Waals surface area contributed by atoms with Gasteiger partial charge in [0.05, 0.1) is 17.6 Å². The quantitative estimate of drug-likeness (QED) is 0.917. The van der Waals surface area contributed by atoms with E-state index >= 15 is 0 Å². The van der Waals surface area contributed by atoms with Gasteiger partial charge in [-0.2, -0.15) is 5.10 Å². The second-order valence-electron chi connectivity index (χ2n) is 7.34. The first-order chi connectivity index (χ1) is 11.0. The van der Waals surface area contributed by atoms with Crippen molar-refractivity contribution in [3.63, 3.8) is 0 Å². The molecule has 1 fully saturated rings. The fourth-order valence-corrected chi connectivity index (χ4v) is 4.20. The van der Waals surface area contributed by atoms with Crippen molar-refractivity contribution >= 4 is 6.08 Å². The minimum absolute atomic E-state index is 0.0233. The minimum Gasteiger partial charge on any atom is -0.396 e. The number of rotatable bonds is 2. The lowest BCUT2D eigenvalue weighted by atomic mass is 9.62. The second kappa shape index (κ2) is 4.78. The van der Waals surface area contributed by atoms with Gasteiger partial charge in [0.2, 0.25) is 0 Å². The molecule has 0 aliphatic heterocycles. The Morgan fingerprint density at radius 1 is 1.35 bits per heavy atom. The van der Waals surface area contributed by atoms with Gasteiger partial charge in [-0.1, -0.05) is 25.5 Å². The van der Waals surface area contributed by atoms with Gasteiger partial charge in [0.25, 0.3) is 0 Å². The molecule has 1 heterocycles. The highest BCUT2D eigenvalue weighted by atomic mass is 19.1. The summed E-state index contributed by atoms with van der Waals surface area (Å²) >= 11 is 0. The van der Waals surface area contributed by atoms with Gasteiger partial charge in [0.15, 0.2) is 0 Å². The maximum atomic E-state index is 13.5. The predicted molar refractivity (Wildman–Crippen MR) is 87.7 cm³/mol. The Balaban J connectivity index is 1.82. The summed E-state index contributed by atoms with van der Waals surface area (Å²) in [5.41, 5.74) is 4.23. The maximum Gasteiger partial charge on any atom is 0.125 e. The van der Waals surface area contributed by atoms with Crippen LogP contribution in [0.2, 0.25) is 0 Å². The number of allylic oxidation sites excluding steroid dienone is 1. The summed E-state index contributed by atoms with van der Waals surface area (Å²) in [6, 6.07) is 6.52. The molecule has 120 valence electrons. The van der Waals surface area contributed by atoms with Gasteiger partial charge in [0, 0.05) is 17.4 Å². The van der Waals surface area contributed by atoms with Crippen LogP contribution in [0.15, 0.2) is 36.0 Å². The molecule has 1 aromatic heterocycles. The summed E-state index contributed by atoms with van der Waals surface area (Å²) in [5, 5.41) is 14.4. The minimum atomic E-state index is -0.256. The molecule has 1 aromatic carbocycles. The first-order valence-corrected chi connectivity index (χ1v) is 8.12. The lowest BCUT2D eigenvalue weighted by Gasteiger charge is -2.42. The molecule has 4 heteroatoms. The molecule has 2 aliphatic carbocycles. The van der Waals surface area contributed by atoms with Crippen LogP contribution in [0.4, 0.5) is 4.39 Å². The number of nitrogens with zero attached hydrogens (tertiary/aromatic N) is 2. The number of fused-ring (bicyclic) bond motifs is 2. The molecular weight excluding hydrogens is 291 g/mol. The molecule has 2 aliphatic rings. The molecule has 0 spiro atoms. The van der Waals surface area contributed by atoms with E-state index in [0.29, 0.717) is 0 Å². The molecule has 1 saturated carbocycles. The van der Waals surface area contributed by atoms with E-state index in [1.165, 1.54) is 23.3 Å². The maximum absolute atomic E-state index is 13.5. The zero-order chi connectivity index (χ0) is 16.2. The van der Waals surface area contributed by atoms with E-state index in [9.17, 15) is 9.50 Å². The highest BCUT2D eigenvalue weighted by molar-refractivity contribution is 5.62. The number of hydrogen-bond donors (Lipinski definition) is 1. The van der Waals surface area contributed by atoms with Crippen LogP contribution in [0, 0.1) is 16.6 Å². The number of aromatic nitrogens is 2. The normalized spacial score (nSPS) is 29.1. The number of hydrogen-bond acceptors (Lipinski definition) is 2. The molecule has 0 bridgehead atoms. The fourth-order valence-electron chi connectivity index (χ4n) is 4.20. The van der Waals surface area contributed by atoms with Crippen molar-refractivity contribution in [2.45, 2.75) is 33.1 Å². The lowest BCUT2D eigenvalue weighted by molar-refractivity contribution is 0.0534. The van der Waals surface area contributed by atoms with Crippen molar-refractivity contribution < 1.29 is 9.50 Å². The van der Waals surface area contributed by atoms with Gasteiger partial charge in [-0.25, -0.2) is 9.07 Å². The fraction of sp³-hybridized carbons (Fsp3) is 0.421. The second-order valence-corrected chi connectivity index (χ2v) is 7.34. The van der Waals surface area contributed by atoms with Crippen molar-refractivity contribution in [3.8, 4) is 5.69 Å². The third-order valence-electron chi connectivity index (χ3n) is 6.13. The van der Waals surface area contributed by atoms with E-state index in [4.69, 9.17) is 0 Å². The number of aliphatic hydroxyl groups is 1. The van der Waals surface area contributed by atoms with Crippen LogP contribution in [0.3, 0.4) is 0 Å². The Bertz CT molecular complexity index is 809. The van der Waals surface area contributed by atoms with E-state index in [1.807, 2.05) is 16.9 Å². The average molecular weight is 312 g/mol. The molecule has 23 heavy (non-hydrogen) atoms. The monoisotopic (exact) mass is 312 g/mol. The smallest absolute Gasteiger partial charge is 0.125 e. The molecule has 0 radical (unpaired) electrons. The van der Waals surface area contributed by atoms with Crippen LogP contribution < -0.4 is 0 Å². The van der Waals surface area contributed by atoms with Crippen molar-refractivity contribution in [2.24, 2.45) is 10.8 Å². The Morgan fingerprint density at radius 2 is 2.17 bits per heavy atom. The molecule has 0 amide bonds. The molecule has 2 atom stereocenters. The molecule has 1 N–H and O–H groups in total. The Labute approximate surface area is 135 Å². The third kappa shape index (κ3) is 1.94. The molecule has 2 unspecified atom stereocenters. The Kier molecular flexibility index (Phi) is 3.04. The number of aliphatic hydroxyl groups excluding tert-OH is 1. The number of benzene rings is 1. The Hall–Kier alpha value is -1.94. The van der Waals surface area contributed by atoms with E-state index < -0.39 is 0 Å². The van der Waals surface area contributed by atoms with Crippen LogP contribution in [0.5, 0.6) is 0 Å². The molecular formula is C19H21FN2O.